The Morgan fingerprint density at radius 1 is 1.23 bits per heavy atom. The van der Waals surface area contributed by atoms with E-state index in [1.807, 2.05) is 35.9 Å². The Labute approximate surface area is 168 Å². The molecule has 1 unspecified atom stereocenters. The third-order valence-corrected chi connectivity index (χ3v) is 5.33. The first-order valence-corrected chi connectivity index (χ1v) is 9.47. The summed E-state index contributed by atoms with van der Waals surface area (Å²) in [6.45, 7) is 1.82. The van der Waals surface area contributed by atoms with Gasteiger partial charge in [-0.05, 0) is 43.9 Å². The van der Waals surface area contributed by atoms with E-state index in [2.05, 4.69) is 20.3 Å². The molecule has 1 atom stereocenters. The second-order valence-corrected chi connectivity index (χ2v) is 7.48. The molecule has 0 bridgehead atoms. The average molecular weight is 414 g/mol. The van der Waals surface area contributed by atoms with Crippen molar-refractivity contribution in [1.82, 2.24) is 29.1 Å². The van der Waals surface area contributed by atoms with E-state index in [1.165, 1.54) is 6.33 Å². The van der Waals surface area contributed by atoms with Crippen molar-refractivity contribution in [3.8, 4) is 11.3 Å². The molecule has 1 N–H and O–H groups in total. The van der Waals surface area contributed by atoms with Crippen molar-refractivity contribution in [2.24, 2.45) is 5.92 Å². The van der Waals surface area contributed by atoms with Gasteiger partial charge in [0, 0.05) is 29.8 Å². The number of alkyl halides is 3. The quantitative estimate of drug-likeness (QED) is 0.555. The molecule has 1 fully saturated rings. The van der Waals surface area contributed by atoms with Crippen LogP contribution < -0.4 is 5.32 Å². The predicted octanol–water partition coefficient (Wildman–Crippen LogP) is 3.42. The SMILES string of the molecule is Cc1cc(-c2ccn3cccnc23)nc2c(C(=O)NC(C3CC3)C(F)(F)F)ncn12. The van der Waals surface area contributed by atoms with Gasteiger partial charge in [0.15, 0.2) is 11.3 Å². The van der Waals surface area contributed by atoms with E-state index < -0.39 is 24.0 Å². The molecular formula is C20H17F3N6O. The number of hydrogen-bond donors (Lipinski definition) is 1. The van der Waals surface area contributed by atoms with Gasteiger partial charge >= 0.3 is 6.18 Å². The first-order valence-electron chi connectivity index (χ1n) is 9.47. The standard InChI is InChI=1S/C20H17F3N6O/c1-11-9-14(13-5-8-28-7-2-6-24-17(13)28)26-18-15(25-10-29(11)18)19(30)27-16(12-3-4-12)20(21,22)23/h2,5-10,12,16H,3-4H2,1H3,(H,27,30). The van der Waals surface area contributed by atoms with Crippen LogP contribution in [0.15, 0.2) is 43.1 Å². The molecule has 10 heteroatoms. The largest absolute Gasteiger partial charge is 0.408 e. The third-order valence-electron chi connectivity index (χ3n) is 5.33. The van der Waals surface area contributed by atoms with Gasteiger partial charge in [-0.2, -0.15) is 13.2 Å². The number of imidazole rings is 1. The summed E-state index contributed by atoms with van der Waals surface area (Å²) in [5.41, 5.74) is 2.81. The molecule has 0 saturated heterocycles. The molecule has 4 aromatic rings. The van der Waals surface area contributed by atoms with Crippen LogP contribution in [0.3, 0.4) is 0 Å². The van der Waals surface area contributed by atoms with Crippen LogP contribution >= 0.6 is 0 Å². The highest BCUT2D eigenvalue weighted by Gasteiger charge is 2.50. The van der Waals surface area contributed by atoms with E-state index in [4.69, 9.17) is 0 Å². The van der Waals surface area contributed by atoms with Crippen molar-refractivity contribution in [3.63, 3.8) is 0 Å². The van der Waals surface area contributed by atoms with Crippen molar-refractivity contribution in [2.45, 2.75) is 32.0 Å². The fourth-order valence-corrected chi connectivity index (χ4v) is 3.67. The number of fused-ring (bicyclic) bond motifs is 2. The van der Waals surface area contributed by atoms with E-state index in [0.29, 0.717) is 24.2 Å². The molecule has 0 radical (unpaired) electrons. The van der Waals surface area contributed by atoms with Gasteiger partial charge in [-0.3, -0.25) is 9.20 Å². The van der Waals surface area contributed by atoms with Crippen LogP contribution in [0.5, 0.6) is 0 Å². The summed E-state index contributed by atoms with van der Waals surface area (Å²) in [6.07, 6.45) is 3.15. The normalized spacial score (nSPS) is 15.6. The Bertz CT molecular complexity index is 1270. The number of halogens is 3. The molecule has 0 spiro atoms. The molecule has 1 saturated carbocycles. The summed E-state index contributed by atoms with van der Waals surface area (Å²) in [4.78, 5) is 25.6. The summed E-state index contributed by atoms with van der Waals surface area (Å²) in [6, 6.07) is 3.60. The summed E-state index contributed by atoms with van der Waals surface area (Å²) in [5, 5.41) is 2.12. The first kappa shape index (κ1) is 18.6. The Kier molecular flexibility index (Phi) is 4.05. The lowest BCUT2D eigenvalue weighted by Crippen LogP contribution is -2.47. The van der Waals surface area contributed by atoms with E-state index in [-0.39, 0.29) is 11.3 Å². The highest BCUT2D eigenvalue weighted by Crippen LogP contribution is 2.40. The minimum Gasteiger partial charge on any atom is -0.339 e. The molecule has 30 heavy (non-hydrogen) atoms. The molecule has 154 valence electrons. The van der Waals surface area contributed by atoms with Gasteiger partial charge < -0.3 is 9.72 Å². The zero-order chi connectivity index (χ0) is 21.0. The molecule has 1 aliphatic carbocycles. The lowest BCUT2D eigenvalue weighted by atomic mass is 10.1. The Hall–Kier alpha value is -3.43. The fourth-order valence-electron chi connectivity index (χ4n) is 3.67. The lowest BCUT2D eigenvalue weighted by molar-refractivity contribution is -0.158. The molecule has 0 aliphatic heterocycles. The smallest absolute Gasteiger partial charge is 0.339 e. The number of amides is 1. The Balaban J connectivity index is 1.56. The average Bonchev–Trinajstić information content (AvgIpc) is 3.28. The second kappa shape index (κ2) is 6.54. The molecule has 1 aliphatic rings. The van der Waals surface area contributed by atoms with Gasteiger partial charge in [0.2, 0.25) is 0 Å². The highest BCUT2D eigenvalue weighted by molar-refractivity contribution is 5.98. The maximum absolute atomic E-state index is 13.3. The van der Waals surface area contributed by atoms with Crippen molar-refractivity contribution in [2.75, 3.05) is 0 Å². The highest BCUT2D eigenvalue weighted by atomic mass is 19.4. The molecule has 7 nitrogen and oxygen atoms in total. The first-order chi connectivity index (χ1) is 14.3. The Morgan fingerprint density at radius 3 is 2.77 bits per heavy atom. The monoisotopic (exact) mass is 414 g/mol. The van der Waals surface area contributed by atoms with Gasteiger partial charge in [0.25, 0.3) is 5.91 Å². The number of nitrogens with one attached hydrogen (secondary N) is 1. The number of nitrogens with zero attached hydrogens (tertiary/aromatic N) is 5. The van der Waals surface area contributed by atoms with Crippen LogP contribution in [-0.2, 0) is 0 Å². The second-order valence-electron chi connectivity index (χ2n) is 7.48. The maximum Gasteiger partial charge on any atom is 0.408 e. The number of aryl methyl sites for hydroxylation is 1. The van der Waals surface area contributed by atoms with Crippen molar-refractivity contribution in [3.05, 3.63) is 54.5 Å². The third kappa shape index (κ3) is 3.08. The number of hydrogen-bond acceptors (Lipinski definition) is 4. The van der Waals surface area contributed by atoms with Gasteiger partial charge in [0.05, 0.1) is 5.69 Å². The van der Waals surface area contributed by atoms with E-state index in [9.17, 15) is 18.0 Å². The van der Waals surface area contributed by atoms with Crippen LogP contribution in [0.25, 0.3) is 22.6 Å². The topological polar surface area (TPSA) is 76.6 Å². The van der Waals surface area contributed by atoms with Crippen molar-refractivity contribution < 1.29 is 18.0 Å². The molecule has 1 amide bonds. The Morgan fingerprint density at radius 2 is 2.03 bits per heavy atom. The van der Waals surface area contributed by atoms with E-state index in [0.717, 1.165) is 11.3 Å². The maximum atomic E-state index is 13.3. The van der Waals surface area contributed by atoms with Gasteiger partial charge in [0.1, 0.15) is 18.0 Å². The van der Waals surface area contributed by atoms with Crippen molar-refractivity contribution in [1.29, 1.82) is 0 Å². The molecule has 5 rings (SSSR count). The number of aromatic nitrogens is 5. The summed E-state index contributed by atoms with van der Waals surface area (Å²) >= 11 is 0. The van der Waals surface area contributed by atoms with E-state index in [1.54, 1.807) is 16.7 Å². The number of carbonyl (C=O) groups is 1. The van der Waals surface area contributed by atoms with Crippen LogP contribution in [0.1, 0.15) is 29.0 Å². The van der Waals surface area contributed by atoms with Gasteiger partial charge in [-0.15, -0.1) is 0 Å². The zero-order valence-corrected chi connectivity index (χ0v) is 15.9. The summed E-state index contributed by atoms with van der Waals surface area (Å²) < 4.78 is 43.4. The fraction of sp³-hybridized carbons (Fsp3) is 0.300. The van der Waals surface area contributed by atoms with Crippen LogP contribution in [0.4, 0.5) is 13.2 Å². The molecule has 4 aromatic heterocycles. The predicted molar refractivity (Wildman–Crippen MR) is 102 cm³/mol. The molecule has 4 heterocycles. The minimum atomic E-state index is -4.50. The number of rotatable bonds is 4. The van der Waals surface area contributed by atoms with Crippen molar-refractivity contribution >= 4 is 17.2 Å². The summed E-state index contributed by atoms with van der Waals surface area (Å²) in [5.74, 6) is -1.46. The molecular weight excluding hydrogens is 397 g/mol. The number of carbonyl (C=O) groups excluding carboxylic acids is 1. The summed E-state index contributed by atoms with van der Waals surface area (Å²) in [7, 11) is 0. The van der Waals surface area contributed by atoms with Crippen LogP contribution in [0.2, 0.25) is 0 Å². The van der Waals surface area contributed by atoms with E-state index >= 15 is 0 Å². The zero-order valence-electron chi connectivity index (χ0n) is 15.9. The van der Waals surface area contributed by atoms with Crippen LogP contribution in [-0.4, -0.2) is 41.9 Å². The van der Waals surface area contributed by atoms with Gasteiger partial charge in [-0.1, -0.05) is 0 Å². The van der Waals surface area contributed by atoms with Crippen LogP contribution in [0, 0.1) is 12.8 Å². The van der Waals surface area contributed by atoms with Gasteiger partial charge in [-0.25, -0.2) is 15.0 Å². The minimum absolute atomic E-state index is 0.133. The molecule has 0 aromatic carbocycles. The lowest BCUT2D eigenvalue weighted by Gasteiger charge is -2.20.